The molecule has 1 heterocycles. The second-order valence-electron chi connectivity index (χ2n) is 7.86. The van der Waals surface area contributed by atoms with Gasteiger partial charge in [-0.05, 0) is 29.7 Å². The molecule has 0 radical (unpaired) electrons. The van der Waals surface area contributed by atoms with Crippen LogP contribution in [0.15, 0.2) is 48.5 Å². The monoisotopic (exact) mass is 503 g/mol. The molecule has 1 fully saturated rings. The number of carbonyl (C=O) groups is 3. The minimum Gasteiger partial charge on any atom is -0.476 e. The van der Waals surface area contributed by atoms with Gasteiger partial charge in [0.1, 0.15) is 5.75 Å². The fraction of sp³-hybridized carbons (Fsp3) is 0.375. The van der Waals surface area contributed by atoms with Crippen LogP contribution < -0.4 is 4.74 Å². The van der Waals surface area contributed by atoms with Crippen LogP contribution in [0.1, 0.15) is 31.9 Å². The van der Waals surface area contributed by atoms with Crippen molar-refractivity contribution in [3.05, 3.63) is 69.8 Å². The largest absolute Gasteiger partial charge is 0.476 e. The lowest BCUT2D eigenvalue weighted by Crippen LogP contribution is -2.55. The molecular formula is C24H25NO9S. The second-order valence-corrected chi connectivity index (χ2v) is 8.99. The molecule has 10 nitrogen and oxygen atoms in total. The maximum Gasteiger partial charge on any atom is 0.303 e. The molecule has 35 heavy (non-hydrogen) atoms. The molecule has 11 heteroatoms. The molecule has 0 aromatic heterocycles. The third kappa shape index (κ3) is 7.44. The summed E-state index contributed by atoms with van der Waals surface area (Å²) in [6.07, 6.45) is -2.24. The topological polar surface area (TPSA) is 131 Å². The maximum absolute atomic E-state index is 11.8. The Balaban J connectivity index is 1.72. The van der Waals surface area contributed by atoms with Gasteiger partial charge < -0.3 is 18.9 Å². The molecule has 1 aliphatic heterocycles. The second kappa shape index (κ2) is 11.7. The predicted octanol–water partition coefficient (Wildman–Crippen LogP) is 3.43. The minimum atomic E-state index is -1.02. The summed E-state index contributed by atoms with van der Waals surface area (Å²) in [7, 11) is 0. The van der Waals surface area contributed by atoms with E-state index in [1.807, 2.05) is 12.1 Å². The Kier molecular flexibility index (Phi) is 8.69. The average Bonchev–Trinajstić information content (AvgIpc) is 2.78. The van der Waals surface area contributed by atoms with Crippen LogP contribution in [0.4, 0.5) is 5.69 Å². The molecule has 1 aliphatic rings. The van der Waals surface area contributed by atoms with Crippen molar-refractivity contribution in [2.24, 2.45) is 0 Å². The molecule has 0 saturated carbocycles. The average molecular weight is 504 g/mol. The molecule has 2 aromatic carbocycles. The summed E-state index contributed by atoms with van der Waals surface area (Å²) in [6.45, 7) is 3.70. The number of hydrogen-bond donors (Lipinski definition) is 0. The number of nitrogens with zero attached hydrogens (tertiary/aromatic N) is 1. The number of rotatable bonds is 8. The van der Waals surface area contributed by atoms with Crippen molar-refractivity contribution >= 4 is 35.4 Å². The highest BCUT2D eigenvalue weighted by molar-refractivity contribution is 7.99. The summed E-state index contributed by atoms with van der Waals surface area (Å²) in [5.41, 5.74) is 1.21. The van der Waals surface area contributed by atoms with Crippen molar-refractivity contribution in [1.82, 2.24) is 0 Å². The number of esters is 3. The Labute approximate surface area is 206 Å². The van der Waals surface area contributed by atoms with Crippen LogP contribution >= 0.6 is 11.8 Å². The van der Waals surface area contributed by atoms with Gasteiger partial charge in [0.2, 0.25) is 0 Å². The Morgan fingerprint density at radius 1 is 0.857 bits per heavy atom. The van der Waals surface area contributed by atoms with E-state index >= 15 is 0 Å². The van der Waals surface area contributed by atoms with Gasteiger partial charge in [-0.15, -0.1) is 11.8 Å². The van der Waals surface area contributed by atoms with E-state index in [1.54, 1.807) is 24.3 Å². The zero-order chi connectivity index (χ0) is 25.5. The molecule has 0 unspecified atom stereocenters. The van der Waals surface area contributed by atoms with E-state index in [2.05, 4.69) is 0 Å². The molecule has 3 rings (SSSR count). The Morgan fingerprint density at radius 2 is 1.37 bits per heavy atom. The Morgan fingerprint density at radius 3 is 1.89 bits per heavy atom. The van der Waals surface area contributed by atoms with Gasteiger partial charge in [-0.2, -0.15) is 0 Å². The zero-order valence-corrected chi connectivity index (χ0v) is 20.2. The van der Waals surface area contributed by atoms with E-state index in [9.17, 15) is 24.5 Å². The fourth-order valence-corrected chi connectivity index (χ4v) is 4.82. The smallest absolute Gasteiger partial charge is 0.303 e. The first kappa shape index (κ1) is 26.0. The summed E-state index contributed by atoms with van der Waals surface area (Å²) < 4.78 is 22.1. The number of nitro benzene ring substituents is 1. The molecule has 0 aliphatic carbocycles. The highest BCUT2D eigenvalue weighted by Crippen LogP contribution is 2.34. The normalized spacial score (nSPS) is 21.5. The van der Waals surface area contributed by atoms with Crippen molar-refractivity contribution in [2.75, 3.05) is 5.75 Å². The van der Waals surface area contributed by atoms with E-state index in [0.717, 1.165) is 11.1 Å². The number of ether oxygens (including phenoxy) is 4. The molecule has 2 aromatic rings. The van der Waals surface area contributed by atoms with Gasteiger partial charge in [0.25, 0.3) is 5.69 Å². The van der Waals surface area contributed by atoms with Gasteiger partial charge in [0, 0.05) is 38.7 Å². The Bertz CT molecular complexity index is 1070. The predicted molar refractivity (Wildman–Crippen MR) is 126 cm³/mol. The number of thioether (sulfide) groups is 1. The highest BCUT2D eigenvalue weighted by atomic mass is 32.2. The van der Waals surface area contributed by atoms with Crippen molar-refractivity contribution in [1.29, 1.82) is 0 Å². The molecule has 4 atom stereocenters. The van der Waals surface area contributed by atoms with Gasteiger partial charge >= 0.3 is 17.9 Å². The SMILES string of the molecule is CC(=O)O[C@@H]1[C@@H](OC(C)=O)[C@@H](Oc2ccc(Cc3ccc([N+](=O)[O-])cc3)cc2)SC[C@H]1OC(C)=O. The van der Waals surface area contributed by atoms with Crippen LogP contribution in [0.5, 0.6) is 5.75 Å². The minimum absolute atomic E-state index is 0.0350. The molecule has 0 bridgehead atoms. The van der Waals surface area contributed by atoms with E-state index in [0.29, 0.717) is 12.2 Å². The van der Waals surface area contributed by atoms with Crippen LogP contribution in [0.3, 0.4) is 0 Å². The van der Waals surface area contributed by atoms with E-state index < -0.39 is 46.6 Å². The van der Waals surface area contributed by atoms with Gasteiger partial charge in [0.15, 0.2) is 23.7 Å². The summed E-state index contributed by atoms with van der Waals surface area (Å²) >= 11 is 1.28. The summed E-state index contributed by atoms with van der Waals surface area (Å²) in [4.78, 5) is 45.3. The van der Waals surface area contributed by atoms with Gasteiger partial charge in [-0.1, -0.05) is 24.3 Å². The number of carbonyl (C=O) groups excluding carboxylic acids is 3. The van der Waals surface area contributed by atoms with Crippen LogP contribution in [-0.2, 0) is 35.0 Å². The number of non-ortho nitro benzene ring substituents is 1. The lowest BCUT2D eigenvalue weighted by Gasteiger charge is -2.39. The molecular weight excluding hydrogens is 478 g/mol. The molecule has 1 saturated heterocycles. The number of benzene rings is 2. The van der Waals surface area contributed by atoms with E-state index in [4.69, 9.17) is 18.9 Å². The van der Waals surface area contributed by atoms with Crippen LogP contribution in [-0.4, -0.2) is 52.3 Å². The summed E-state index contributed by atoms with van der Waals surface area (Å²) in [6, 6.07) is 13.6. The van der Waals surface area contributed by atoms with Crippen molar-refractivity contribution in [2.45, 2.75) is 50.9 Å². The molecule has 186 valence electrons. The molecule has 0 amide bonds. The summed E-state index contributed by atoms with van der Waals surface area (Å²) in [5, 5.41) is 10.8. The molecule has 0 N–H and O–H groups in total. The fourth-order valence-electron chi connectivity index (χ4n) is 3.60. The first-order valence-electron chi connectivity index (χ1n) is 10.7. The standard InChI is InChI=1S/C24H25NO9S/c1-14(26)31-21-13-35-24(23(33-16(3)28)22(21)32-15(2)27)34-20-10-6-18(7-11-20)12-17-4-8-19(9-5-17)25(29)30/h4-11,21-24H,12-13H2,1-3H3/t21-,22+,23-,24+/m1/s1. The quantitative estimate of drug-likeness (QED) is 0.228. The highest BCUT2D eigenvalue weighted by Gasteiger charge is 2.47. The van der Waals surface area contributed by atoms with Crippen molar-refractivity contribution < 1.29 is 38.3 Å². The zero-order valence-electron chi connectivity index (χ0n) is 19.4. The number of nitro groups is 1. The first-order chi connectivity index (χ1) is 16.6. The lowest BCUT2D eigenvalue weighted by molar-refractivity contribution is -0.384. The third-order valence-electron chi connectivity index (χ3n) is 5.04. The van der Waals surface area contributed by atoms with Crippen LogP contribution in [0, 0.1) is 10.1 Å². The van der Waals surface area contributed by atoms with Crippen molar-refractivity contribution in [3.63, 3.8) is 0 Å². The van der Waals surface area contributed by atoms with Crippen LogP contribution in [0.25, 0.3) is 0 Å². The van der Waals surface area contributed by atoms with Gasteiger partial charge in [-0.25, -0.2) is 0 Å². The lowest BCUT2D eigenvalue weighted by atomic mass is 10.0. The molecule has 0 spiro atoms. The van der Waals surface area contributed by atoms with E-state index in [1.165, 1.54) is 44.7 Å². The van der Waals surface area contributed by atoms with Gasteiger partial charge in [-0.3, -0.25) is 24.5 Å². The van der Waals surface area contributed by atoms with Crippen molar-refractivity contribution in [3.8, 4) is 5.75 Å². The number of hydrogen-bond acceptors (Lipinski definition) is 10. The Hall–Kier alpha value is -3.60. The third-order valence-corrected chi connectivity index (χ3v) is 6.25. The maximum atomic E-state index is 11.8. The van der Waals surface area contributed by atoms with E-state index in [-0.39, 0.29) is 11.4 Å². The summed E-state index contributed by atoms with van der Waals surface area (Å²) in [5.74, 6) is -0.969. The first-order valence-corrected chi connectivity index (χ1v) is 11.8. The van der Waals surface area contributed by atoms with Gasteiger partial charge in [0.05, 0.1) is 4.92 Å². The van der Waals surface area contributed by atoms with Crippen LogP contribution in [0.2, 0.25) is 0 Å².